The van der Waals surface area contributed by atoms with Crippen LogP contribution in [0, 0.1) is 0 Å². The molecule has 1 aromatic carbocycles. The third-order valence-corrected chi connectivity index (χ3v) is 2.00. The summed E-state index contributed by atoms with van der Waals surface area (Å²) < 4.78 is 10.5. The number of carbonyl (C=O) groups excluding carboxylic acids is 1. The fourth-order valence-corrected chi connectivity index (χ4v) is 1.27. The van der Waals surface area contributed by atoms with Crippen molar-refractivity contribution in [1.29, 1.82) is 0 Å². The van der Waals surface area contributed by atoms with Gasteiger partial charge in [0.2, 0.25) is 0 Å². The maximum absolute atomic E-state index is 11.0. The Hall–Kier alpha value is -1.35. The van der Waals surface area contributed by atoms with Crippen molar-refractivity contribution in [3.8, 4) is 5.75 Å². The molecule has 1 aromatic rings. The number of rotatable bonds is 5. The Morgan fingerprint density at radius 2 is 1.93 bits per heavy atom. The van der Waals surface area contributed by atoms with Crippen molar-refractivity contribution in [3.05, 3.63) is 29.8 Å². The molecule has 0 saturated carbocycles. The number of hydrogen-bond acceptors (Lipinski definition) is 3. The summed E-state index contributed by atoms with van der Waals surface area (Å²) in [6.45, 7) is 4.03. The molecule has 3 heteroatoms. The second kappa shape index (κ2) is 5.51. The summed E-state index contributed by atoms with van der Waals surface area (Å²) >= 11 is 0. The number of benzene rings is 1. The number of Topliss-reactive ketones (excluding diaryl/α,β-unsaturated/α-hetero) is 1. The average Bonchev–Trinajstić information content (AvgIpc) is 2.18. The van der Waals surface area contributed by atoms with E-state index in [2.05, 4.69) is 0 Å². The average molecular weight is 208 g/mol. The Bertz CT molecular complexity index is 316. The summed E-state index contributed by atoms with van der Waals surface area (Å²) in [5, 5.41) is 0. The molecule has 0 aliphatic rings. The standard InChI is InChI=1S/C12H16O3/c1-9(8-14-3)15-12-6-4-11(5-7-12)10(2)13/h4-7,9H,8H2,1-3H3. The van der Waals surface area contributed by atoms with Gasteiger partial charge in [-0.2, -0.15) is 0 Å². The minimum atomic E-state index is 0.0122. The molecule has 0 fully saturated rings. The lowest BCUT2D eigenvalue weighted by molar-refractivity contribution is 0.0920. The van der Waals surface area contributed by atoms with Gasteiger partial charge in [0.05, 0.1) is 6.61 Å². The quantitative estimate of drug-likeness (QED) is 0.696. The molecule has 15 heavy (non-hydrogen) atoms. The highest BCUT2D eigenvalue weighted by molar-refractivity contribution is 5.94. The van der Waals surface area contributed by atoms with E-state index in [4.69, 9.17) is 9.47 Å². The van der Waals surface area contributed by atoms with Gasteiger partial charge < -0.3 is 9.47 Å². The lowest BCUT2D eigenvalue weighted by Gasteiger charge is -2.13. The van der Waals surface area contributed by atoms with Crippen molar-refractivity contribution in [2.75, 3.05) is 13.7 Å². The molecular weight excluding hydrogens is 192 g/mol. The fraction of sp³-hybridized carbons (Fsp3) is 0.417. The van der Waals surface area contributed by atoms with Crippen LogP contribution >= 0.6 is 0 Å². The number of methoxy groups -OCH3 is 1. The van der Waals surface area contributed by atoms with E-state index in [0.29, 0.717) is 12.2 Å². The van der Waals surface area contributed by atoms with Gasteiger partial charge in [0, 0.05) is 12.7 Å². The summed E-state index contributed by atoms with van der Waals surface area (Å²) in [4.78, 5) is 11.0. The first kappa shape index (κ1) is 11.7. The van der Waals surface area contributed by atoms with Crippen molar-refractivity contribution in [1.82, 2.24) is 0 Å². The Balaban J connectivity index is 2.60. The molecule has 0 bridgehead atoms. The number of carbonyl (C=O) groups is 1. The van der Waals surface area contributed by atoms with E-state index < -0.39 is 0 Å². The van der Waals surface area contributed by atoms with Gasteiger partial charge >= 0.3 is 0 Å². The SMILES string of the molecule is COCC(C)Oc1ccc(C(C)=O)cc1. The highest BCUT2D eigenvalue weighted by Crippen LogP contribution is 2.14. The van der Waals surface area contributed by atoms with Crippen LogP contribution in [0.15, 0.2) is 24.3 Å². The molecule has 0 heterocycles. The second-order valence-electron chi connectivity index (χ2n) is 3.46. The van der Waals surface area contributed by atoms with E-state index in [1.165, 1.54) is 0 Å². The largest absolute Gasteiger partial charge is 0.488 e. The third-order valence-electron chi connectivity index (χ3n) is 2.00. The first-order valence-electron chi connectivity index (χ1n) is 4.90. The molecule has 0 aliphatic heterocycles. The van der Waals surface area contributed by atoms with Gasteiger partial charge in [-0.3, -0.25) is 4.79 Å². The maximum atomic E-state index is 11.0. The van der Waals surface area contributed by atoms with Crippen molar-refractivity contribution < 1.29 is 14.3 Å². The van der Waals surface area contributed by atoms with Crippen LogP contribution in [-0.2, 0) is 4.74 Å². The van der Waals surface area contributed by atoms with E-state index in [1.54, 1.807) is 38.3 Å². The molecular formula is C12H16O3. The predicted octanol–water partition coefficient (Wildman–Crippen LogP) is 2.30. The van der Waals surface area contributed by atoms with Crippen LogP contribution in [0.2, 0.25) is 0 Å². The van der Waals surface area contributed by atoms with E-state index in [0.717, 1.165) is 5.75 Å². The van der Waals surface area contributed by atoms with E-state index >= 15 is 0 Å². The van der Waals surface area contributed by atoms with Gasteiger partial charge in [-0.25, -0.2) is 0 Å². The van der Waals surface area contributed by atoms with Crippen LogP contribution in [0.4, 0.5) is 0 Å². The van der Waals surface area contributed by atoms with Crippen LogP contribution in [0.3, 0.4) is 0 Å². The van der Waals surface area contributed by atoms with Gasteiger partial charge in [0.1, 0.15) is 11.9 Å². The zero-order valence-corrected chi connectivity index (χ0v) is 9.32. The van der Waals surface area contributed by atoms with Crippen molar-refractivity contribution in [3.63, 3.8) is 0 Å². The fourth-order valence-electron chi connectivity index (χ4n) is 1.27. The highest BCUT2D eigenvalue weighted by Gasteiger charge is 2.04. The number of ether oxygens (including phenoxy) is 2. The highest BCUT2D eigenvalue weighted by atomic mass is 16.5. The van der Waals surface area contributed by atoms with Gasteiger partial charge in [-0.05, 0) is 38.1 Å². The van der Waals surface area contributed by atoms with Crippen LogP contribution in [0.25, 0.3) is 0 Å². The van der Waals surface area contributed by atoms with E-state index in [9.17, 15) is 4.79 Å². The summed E-state index contributed by atoms with van der Waals surface area (Å²) in [6.07, 6.45) is 0.0122. The molecule has 0 saturated heterocycles. The Morgan fingerprint density at radius 3 is 2.40 bits per heavy atom. The van der Waals surface area contributed by atoms with Crippen molar-refractivity contribution in [2.45, 2.75) is 20.0 Å². The molecule has 0 N–H and O–H groups in total. The molecule has 3 nitrogen and oxygen atoms in total. The first-order valence-corrected chi connectivity index (χ1v) is 4.90. The molecule has 1 rings (SSSR count). The molecule has 1 atom stereocenters. The first-order chi connectivity index (χ1) is 7.13. The van der Waals surface area contributed by atoms with Crippen LogP contribution in [0.5, 0.6) is 5.75 Å². The van der Waals surface area contributed by atoms with E-state index in [1.807, 2.05) is 6.92 Å². The minimum Gasteiger partial charge on any atom is -0.488 e. The van der Waals surface area contributed by atoms with Gasteiger partial charge in [0.25, 0.3) is 0 Å². The van der Waals surface area contributed by atoms with Gasteiger partial charge in [-0.1, -0.05) is 0 Å². The third kappa shape index (κ3) is 3.72. The number of hydrogen-bond donors (Lipinski definition) is 0. The predicted molar refractivity (Wildman–Crippen MR) is 58.4 cm³/mol. The van der Waals surface area contributed by atoms with E-state index in [-0.39, 0.29) is 11.9 Å². The molecule has 0 aromatic heterocycles. The summed E-state index contributed by atoms with van der Waals surface area (Å²) in [5.41, 5.74) is 0.696. The normalized spacial score (nSPS) is 12.2. The smallest absolute Gasteiger partial charge is 0.159 e. The lowest BCUT2D eigenvalue weighted by atomic mass is 10.1. The monoisotopic (exact) mass is 208 g/mol. The zero-order valence-electron chi connectivity index (χ0n) is 9.32. The Morgan fingerprint density at radius 1 is 1.33 bits per heavy atom. The Kier molecular flexibility index (Phi) is 4.31. The second-order valence-corrected chi connectivity index (χ2v) is 3.46. The molecule has 0 amide bonds. The minimum absolute atomic E-state index is 0.0122. The van der Waals surface area contributed by atoms with Crippen LogP contribution in [-0.4, -0.2) is 25.6 Å². The Labute approximate surface area is 90.0 Å². The molecule has 0 aliphatic carbocycles. The zero-order chi connectivity index (χ0) is 11.3. The van der Waals surface area contributed by atoms with Crippen LogP contribution < -0.4 is 4.74 Å². The van der Waals surface area contributed by atoms with Gasteiger partial charge in [0.15, 0.2) is 5.78 Å². The molecule has 82 valence electrons. The molecule has 1 unspecified atom stereocenters. The lowest BCUT2D eigenvalue weighted by Crippen LogP contribution is -2.17. The van der Waals surface area contributed by atoms with Crippen molar-refractivity contribution in [2.24, 2.45) is 0 Å². The number of ketones is 1. The topological polar surface area (TPSA) is 35.5 Å². The molecule has 0 radical (unpaired) electrons. The van der Waals surface area contributed by atoms with Crippen LogP contribution in [0.1, 0.15) is 24.2 Å². The van der Waals surface area contributed by atoms with Crippen molar-refractivity contribution >= 4 is 5.78 Å². The molecule has 0 spiro atoms. The van der Waals surface area contributed by atoms with Gasteiger partial charge in [-0.15, -0.1) is 0 Å². The summed E-state index contributed by atoms with van der Waals surface area (Å²) in [7, 11) is 1.64. The summed E-state index contributed by atoms with van der Waals surface area (Å²) in [6, 6.07) is 7.11. The maximum Gasteiger partial charge on any atom is 0.159 e. The summed E-state index contributed by atoms with van der Waals surface area (Å²) in [5.74, 6) is 0.816.